The van der Waals surface area contributed by atoms with Gasteiger partial charge in [0.05, 0.1) is 12.6 Å². The Morgan fingerprint density at radius 3 is 1.34 bits per heavy atom. The monoisotopic (exact) mass is 585 g/mol. The Balaban J connectivity index is 4.07. The number of allylic oxidation sites excluding steroid dienone is 1. The van der Waals surface area contributed by atoms with Gasteiger partial charge in [0.2, 0.25) is 5.91 Å². The van der Waals surface area contributed by atoms with Crippen LogP contribution < -0.4 is 5.32 Å². The molecular weight excluding hydrogens is 518 g/mol. The number of hydrogen-bond acceptors (Lipinski definition) is 6. The lowest BCUT2D eigenvalue weighted by Crippen LogP contribution is -2.50. The van der Waals surface area contributed by atoms with Crippen LogP contribution in [0.2, 0.25) is 0 Å². The average molecular weight is 586 g/mol. The van der Waals surface area contributed by atoms with E-state index in [1.807, 2.05) is 0 Å². The summed E-state index contributed by atoms with van der Waals surface area (Å²) in [5.41, 5.74) is 0. The lowest BCUT2D eigenvalue weighted by molar-refractivity contribution is -0.131. The number of carbonyl (C=O) groups is 1. The summed E-state index contributed by atoms with van der Waals surface area (Å²) in [6.45, 7) is 3.83. The summed E-state index contributed by atoms with van der Waals surface area (Å²) in [7, 11) is 0. The van der Waals surface area contributed by atoms with Gasteiger partial charge < -0.3 is 30.8 Å². The van der Waals surface area contributed by atoms with E-state index in [0.29, 0.717) is 12.8 Å². The summed E-state index contributed by atoms with van der Waals surface area (Å²) in [5, 5.41) is 53.2. The highest BCUT2D eigenvalue weighted by Gasteiger charge is 2.28. The van der Waals surface area contributed by atoms with Crippen LogP contribution in [0.5, 0.6) is 0 Å². The number of carbonyl (C=O) groups excluding carboxylic acids is 1. The van der Waals surface area contributed by atoms with Crippen LogP contribution in [-0.2, 0) is 4.79 Å². The average Bonchev–Trinajstić information content (AvgIpc) is 2.97. The molecule has 0 aliphatic carbocycles. The Morgan fingerprint density at radius 1 is 0.585 bits per heavy atom. The number of nitrogens with one attached hydrogen (secondary N) is 1. The fourth-order valence-corrected chi connectivity index (χ4v) is 5.26. The predicted octanol–water partition coefficient (Wildman–Crippen LogP) is 8.31. The minimum absolute atomic E-state index is 0.230. The summed E-state index contributed by atoms with van der Waals surface area (Å²) in [4.78, 5) is 12.4. The molecule has 1 unspecified atom stereocenters. The largest absolute Gasteiger partial charge is 0.509 e. The van der Waals surface area contributed by atoms with Crippen LogP contribution in [0.25, 0.3) is 0 Å². The third-order valence-corrected chi connectivity index (χ3v) is 8.13. The van der Waals surface area contributed by atoms with E-state index in [1.54, 1.807) is 0 Å². The van der Waals surface area contributed by atoms with Gasteiger partial charge in [0.25, 0.3) is 0 Å². The number of hydrogen-bond donors (Lipinski definition) is 6. The van der Waals surface area contributed by atoms with Crippen LogP contribution in [0.4, 0.5) is 0 Å². The zero-order valence-corrected chi connectivity index (χ0v) is 26.8. The van der Waals surface area contributed by atoms with Crippen molar-refractivity contribution in [2.24, 2.45) is 0 Å². The maximum absolute atomic E-state index is 12.4. The molecule has 7 heteroatoms. The summed E-state index contributed by atoms with van der Waals surface area (Å²) in [5.74, 6) is -1.64. The molecule has 0 aliphatic heterocycles. The molecule has 41 heavy (non-hydrogen) atoms. The van der Waals surface area contributed by atoms with Crippen molar-refractivity contribution >= 4 is 5.91 Å². The fourth-order valence-electron chi connectivity index (χ4n) is 5.26. The SMILES string of the molecule is CCCCCCCCCCCCCCC(O)C(=O)N[C@@H](CO)[C@H](O)/C(O)=C(\O)CCCCCCCCCCCCC. The van der Waals surface area contributed by atoms with Gasteiger partial charge in [-0.05, 0) is 12.8 Å². The molecule has 0 saturated carbocycles. The summed E-state index contributed by atoms with van der Waals surface area (Å²) < 4.78 is 0. The summed E-state index contributed by atoms with van der Waals surface area (Å²) in [6, 6.07) is -1.21. The van der Waals surface area contributed by atoms with Crippen LogP contribution in [-0.4, -0.2) is 56.3 Å². The Bertz CT molecular complexity index is 626. The zero-order chi connectivity index (χ0) is 30.6. The maximum Gasteiger partial charge on any atom is 0.249 e. The van der Waals surface area contributed by atoms with Crippen molar-refractivity contribution in [2.45, 2.75) is 193 Å². The number of unbranched alkanes of at least 4 members (excludes halogenated alkanes) is 21. The second-order valence-corrected chi connectivity index (χ2v) is 12.1. The quantitative estimate of drug-likeness (QED) is 0.0371. The Labute approximate surface area is 252 Å². The molecule has 0 radical (unpaired) electrons. The first-order chi connectivity index (χ1) is 19.9. The van der Waals surface area contributed by atoms with Gasteiger partial charge >= 0.3 is 0 Å². The van der Waals surface area contributed by atoms with Crippen molar-refractivity contribution < 1.29 is 30.3 Å². The molecule has 0 fully saturated rings. The molecule has 0 saturated heterocycles. The van der Waals surface area contributed by atoms with E-state index in [9.17, 15) is 30.3 Å². The lowest BCUT2D eigenvalue weighted by Gasteiger charge is -2.23. The van der Waals surface area contributed by atoms with Gasteiger partial charge in [-0.3, -0.25) is 4.79 Å². The Kier molecular flexibility index (Phi) is 27.9. The first-order valence-corrected chi connectivity index (χ1v) is 17.3. The van der Waals surface area contributed by atoms with Gasteiger partial charge in [-0.25, -0.2) is 0 Å². The van der Waals surface area contributed by atoms with Crippen molar-refractivity contribution in [3.8, 4) is 0 Å². The molecule has 3 atom stereocenters. The zero-order valence-electron chi connectivity index (χ0n) is 26.8. The van der Waals surface area contributed by atoms with Crippen molar-refractivity contribution in [3.05, 3.63) is 11.5 Å². The first kappa shape index (κ1) is 39.7. The molecule has 244 valence electrons. The molecule has 0 aliphatic rings. The molecule has 7 nitrogen and oxygen atoms in total. The molecule has 1 amide bonds. The second-order valence-electron chi connectivity index (χ2n) is 12.1. The second kappa shape index (κ2) is 28.8. The number of amides is 1. The van der Waals surface area contributed by atoms with Gasteiger partial charge in [-0.1, -0.05) is 155 Å². The third-order valence-electron chi connectivity index (χ3n) is 8.13. The molecule has 0 aromatic heterocycles. The van der Waals surface area contributed by atoms with E-state index in [2.05, 4.69) is 19.2 Å². The van der Waals surface area contributed by atoms with Crippen molar-refractivity contribution in [3.63, 3.8) is 0 Å². The van der Waals surface area contributed by atoms with Gasteiger partial charge in [-0.2, -0.15) is 0 Å². The van der Waals surface area contributed by atoms with Gasteiger partial charge in [0, 0.05) is 6.42 Å². The smallest absolute Gasteiger partial charge is 0.249 e. The standard InChI is InChI=1S/C34H67NO6/c1-3-5-7-9-11-13-15-17-19-21-23-25-27-31(38)34(41)35-29(28-36)32(39)33(40)30(37)26-24-22-20-18-16-14-12-10-8-6-4-2/h29,31-32,36-40H,3-28H2,1-2H3,(H,35,41)/b33-30+/t29-,31?,32-/m0/s1. The highest BCUT2D eigenvalue weighted by Crippen LogP contribution is 2.17. The molecule has 6 N–H and O–H groups in total. The Hall–Kier alpha value is -1.31. The predicted molar refractivity (Wildman–Crippen MR) is 170 cm³/mol. The normalized spacial score (nSPS) is 14.5. The minimum atomic E-state index is -1.64. The third kappa shape index (κ3) is 22.9. The highest BCUT2D eigenvalue weighted by atomic mass is 16.3. The van der Waals surface area contributed by atoms with Gasteiger partial charge in [0.15, 0.2) is 5.76 Å². The molecular formula is C34H67NO6. The number of rotatable bonds is 30. The Morgan fingerprint density at radius 2 is 0.951 bits per heavy atom. The van der Waals surface area contributed by atoms with E-state index in [0.717, 1.165) is 38.5 Å². The van der Waals surface area contributed by atoms with E-state index in [4.69, 9.17) is 0 Å². The van der Waals surface area contributed by atoms with E-state index in [1.165, 1.54) is 103 Å². The van der Waals surface area contributed by atoms with E-state index in [-0.39, 0.29) is 12.2 Å². The van der Waals surface area contributed by atoms with E-state index >= 15 is 0 Å². The van der Waals surface area contributed by atoms with Gasteiger partial charge in [-0.15, -0.1) is 0 Å². The minimum Gasteiger partial charge on any atom is -0.509 e. The topological polar surface area (TPSA) is 130 Å². The molecule has 0 bridgehead atoms. The van der Waals surface area contributed by atoms with Crippen molar-refractivity contribution in [1.82, 2.24) is 5.32 Å². The van der Waals surface area contributed by atoms with Crippen LogP contribution in [0, 0.1) is 0 Å². The summed E-state index contributed by atoms with van der Waals surface area (Å²) in [6.07, 6.45) is 24.9. The highest BCUT2D eigenvalue weighted by molar-refractivity contribution is 5.80. The lowest BCUT2D eigenvalue weighted by atomic mass is 10.0. The number of aliphatic hydroxyl groups is 5. The molecule has 0 heterocycles. The molecule has 0 aromatic rings. The maximum atomic E-state index is 12.4. The van der Waals surface area contributed by atoms with Crippen LogP contribution in [0.15, 0.2) is 11.5 Å². The van der Waals surface area contributed by atoms with Crippen LogP contribution in [0.3, 0.4) is 0 Å². The molecule has 0 rings (SSSR count). The number of aliphatic hydroxyl groups excluding tert-OH is 5. The fraction of sp³-hybridized carbons (Fsp3) is 0.912. The molecule has 0 aromatic carbocycles. The van der Waals surface area contributed by atoms with Crippen molar-refractivity contribution in [2.75, 3.05) is 6.61 Å². The van der Waals surface area contributed by atoms with E-state index < -0.39 is 36.5 Å². The van der Waals surface area contributed by atoms with Gasteiger partial charge in [0.1, 0.15) is 18.0 Å². The molecule has 0 spiro atoms. The summed E-state index contributed by atoms with van der Waals surface area (Å²) >= 11 is 0. The van der Waals surface area contributed by atoms with Crippen LogP contribution in [0.1, 0.15) is 174 Å². The van der Waals surface area contributed by atoms with Crippen LogP contribution >= 0.6 is 0 Å². The van der Waals surface area contributed by atoms with Crippen molar-refractivity contribution in [1.29, 1.82) is 0 Å². The first-order valence-electron chi connectivity index (χ1n) is 17.3.